The highest BCUT2D eigenvalue weighted by molar-refractivity contribution is 5.97. The maximum absolute atomic E-state index is 12.3. The van der Waals surface area contributed by atoms with Crippen molar-refractivity contribution < 1.29 is 14.7 Å². The molecule has 1 aromatic carbocycles. The molecule has 2 atom stereocenters. The molecule has 2 rings (SSSR count). The molecule has 1 fully saturated rings. The van der Waals surface area contributed by atoms with Crippen molar-refractivity contribution in [2.24, 2.45) is 10.9 Å². The second-order valence-corrected chi connectivity index (χ2v) is 5.41. The highest BCUT2D eigenvalue weighted by Crippen LogP contribution is 2.13. The van der Waals surface area contributed by atoms with Crippen LogP contribution < -0.4 is 5.73 Å². The molecule has 0 radical (unpaired) electrons. The van der Waals surface area contributed by atoms with Gasteiger partial charge in [0, 0.05) is 18.7 Å². The van der Waals surface area contributed by atoms with Gasteiger partial charge in [0.25, 0.3) is 0 Å². The van der Waals surface area contributed by atoms with Crippen molar-refractivity contribution in [1.82, 2.24) is 4.90 Å². The minimum atomic E-state index is 0.0590. The number of hydrogen-bond acceptors (Lipinski definition) is 4. The molecule has 6 nitrogen and oxygen atoms in total. The maximum Gasteiger partial charge on any atom is 0.227 e. The fourth-order valence-electron chi connectivity index (χ4n) is 2.52. The van der Waals surface area contributed by atoms with Crippen LogP contribution in [-0.2, 0) is 16.0 Å². The number of nitrogens with zero attached hydrogens (tertiary/aromatic N) is 2. The monoisotopic (exact) mass is 291 g/mol. The number of morpholine rings is 1. The Morgan fingerprint density at radius 1 is 1.33 bits per heavy atom. The van der Waals surface area contributed by atoms with E-state index in [0.717, 1.165) is 5.56 Å². The highest BCUT2D eigenvalue weighted by Gasteiger charge is 2.25. The molecule has 3 N–H and O–H groups in total. The predicted octanol–water partition coefficient (Wildman–Crippen LogP) is 0.959. The lowest BCUT2D eigenvalue weighted by molar-refractivity contribution is -0.142. The summed E-state index contributed by atoms with van der Waals surface area (Å²) in [6, 6.07) is 7.11. The summed E-state index contributed by atoms with van der Waals surface area (Å²) in [6.07, 6.45) is 0.483. The van der Waals surface area contributed by atoms with Crippen molar-refractivity contribution in [1.29, 1.82) is 0 Å². The summed E-state index contributed by atoms with van der Waals surface area (Å²) >= 11 is 0. The number of benzene rings is 1. The lowest BCUT2D eigenvalue weighted by Crippen LogP contribution is -2.48. The first-order chi connectivity index (χ1) is 9.99. The summed E-state index contributed by atoms with van der Waals surface area (Å²) in [7, 11) is 0. The van der Waals surface area contributed by atoms with Gasteiger partial charge in [0.2, 0.25) is 5.91 Å². The van der Waals surface area contributed by atoms with Gasteiger partial charge >= 0.3 is 0 Å². The Kier molecular flexibility index (Phi) is 4.80. The van der Waals surface area contributed by atoms with Crippen LogP contribution in [0, 0.1) is 0 Å². The third kappa shape index (κ3) is 3.95. The van der Waals surface area contributed by atoms with Crippen LogP contribution in [0.1, 0.15) is 25.0 Å². The summed E-state index contributed by atoms with van der Waals surface area (Å²) in [5.41, 5.74) is 7.04. The molecular formula is C15H21N3O3. The van der Waals surface area contributed by atoms with Crippen molar-refractivity contribution >= 4 is 11.7 Å². The van der Waals surface area contributed by atoms with Crippen LogP contribution in [0.15, 0.2) is 29.4 Å². The van der Waals surface area contributed by atoms with Gasteiger partial charge in [0.1, 0.15) is 0 Å². The zero-order chi connectivity index (χ0) is 15.4. The van der Waals surface area contributed by atoms with Gasteiger partial charge in [-0.05, 0) is 19.4 Å². The van der Waals surface area contributed by atoms with Gasteiger partial charge in [-0.1, -0.05) is 29.4 Å². The molecular weight excluding hydrogens is 270 g/mol. The summed E-state index contributed by atoms with van der Waals surface area (Å²) in [6.45, 7) is 5.21. The zero-order valence-corrected chi connectivity index (χ0v) is 12.3. The van der Waals surface area contributed by atoms with Crippen LogP contribution in [0.3, 0.4) is 0 Å². The van der Waals surface area contributed by atoms with E-state index in [1.54, 1.807) is 12.1 Å². The molecule has 1 heterocycles. The van der Waals surface area contributed by atoms with E-state index in [9.17, 15) is 4.79 Å². The fourth-order valence-corrected chi connectivity index (χ4v) is 2.52. The number of carbonyl (C=O) groups is 1. The van der Waals surface area contributed by atoms with Crippen molar-refractivity contribution in [3.05, 3.63) is 35.4 Å². The molecule has 1 aromatic rings. The summed E-state index contributed by atoms with van der Waals surface area (Å²) in [5.74, 6) is 0.150. The first kappa shape index (κ1) is 15.3. The number of rotatable bonds is 3. The van der Waals surface area contributed by atoms with E-state index in [2.05, 4.69) is 5.16 Å². The molecule has 0 aliphatic carbocycles. The molecule has 6 heteroatoms. The first-order valence-corrected chi connectivity index (χ1v) is 6.99. The van der Waals surface area contributed by atoms with Crippen LogP contribution in [0.2, 0.25) is 0 Å². The summed E-state index contributed by atoms with van der Waals surface area (Å²) in [4.78, 5) is 14.2. The molecule has 1 aliphatic rings. The Hall–Kier alpha value is -2.08. The Labute approximate surface area is 124 Å². The largest absolute Gasteiger partial charge is 0.409 e. The van der Waals surface area contributed by atoms with Crippen molar-refractivity contribution in [3.8, 4) is 0 Å². The quantitative estimate of drug-likeness (QED) is 0.376. The Balaban J connectivity index is 1.99. The van der Waals surface area contributed by atoms with Gasteiger partial charge in [-0.2, -0.15) is 0 Å². The molecule has 21 heavy (non-hydrogen) atoms. The average Bonchev–Trinajstić information content (AvgIpc) is 2.46. The number of hydrogen-bond donors (Lipinski definition) is 2. The van der Waals surface area contributed by atoms with Gasteiger partial charge < -0.3 is 20.6 Å². The molecule has 0 saturated carbocycles. The smallest absolute Gasteiger partial charge is 0.227 e. The molecule has 0 spiro atoms. The normalized spacial score (nSPS) is 23.1. The molecule has 0 aromatic heterocycles. The van der Waals surface area contributed by atoms with Gasteiger partial charge in [-0.3, -0.25) is 4.79 Å². The molecule has 0 bridgehead atoms. The molecule has 114 valence electrons. The first-order valence-electron chi connectivity index (χ1n) is 6.99. The third-order valence-electron chi connectivity index (χ3n) is 3.49. The Bertz CT molecular complexity index is 517. The van der Waals surface area contributed by atoms with Crippen LogP contribution in [0.25, 0.3) is 0 Å². The second kappa shape index (κ2) is 6.58. The maximum atomic E-state index is 12.3. The van der Waals surface area contributed by atoms with E-state index in [1.807, 2.05) is 30.9 Å². The summed E-state index contributed by atoms with van der Waals surface area (Å²) in [5, 5.41) is 11.6. The number of nitrogens with two attached hydrogens (primary N) is 1. The van der Waals surface area contributed by atoms with E-state index in [0.29, 0.717) is 25.1 Å². The van der Waals surface area contributed by atoms with Crippen LogP contribution in [0.5, 0.6) is 0 Å². The Morgan fingerprint density at radius 2 is 1.90 bits per heavy atom. The molecule has 1 saturated heterocycles. The lowest BCUT2D eigenvalue weighted by Gasteiger charge is -2.35. The zero-order valence-electron chi connectivity index (χ0n) is 12.3. The molecule has 0 unspecified atom stereocenters. The second-order valence-electron chi connectivity index (χ2n) is 5.41. The topological polar surface area (TPSA) is 88.2 Å². The number of oxime groups is 1. The van der Waals surface area contributed by atoms with Gasteiger partial charge in [0.15, 0.2) is 5.84 Å². The number of amides is 1. The van der Waals surface area contributed by atoms with E-state index >= 15 is 0 Å². The van der Waals surface area contributed by atoms with Gasteiger partial charge in [-0.25, -0.2) is 0 Å². The number of ether oxygens (including phenoxy) is 1. The van der Waals surface area contributed by atoms with E-state index < -0.39 is 0 Å². The third-order valence-corrected chi connectivity index (χ3v) is 3.49. The van der Waals surface area contributed by atoms with E-state index in [1.165, 1.54) is 0 Å². The minimum Gasteiger partial charge on any atom is -0.409 e. The van der Waals surface area contributed by atoms with Crippen LogP contribution in [0.4, 0.5) is 0 Å². The van der Waals surface area contributed by atoms with E-state index in [4.69, 9.17) is 15.7 Å². The summed E-state index contributed by atoms with van der Waals surface area (Å²) < 4.78 is 5.63. The van der Waals surface area contributed by atoms with Gasteiger partial charge in [-0.15, -0.1) is 0 Å². The molecule has 1 amide bonds. The number of carbonyl (C=O) groups excluding carboxylic acids is 1. The van der Waals surface area contributed by atoms with Crippen LogP contribution >= 0.6 is 0 Å². The minimum absolute atomic E-state index is 0.0590. The highest BCUT2D eigenvalue weighted by atomic mass is 16.5. The number of amidine groups is 1. The van der Waals surface area contributed by atoms with E-state index in [-0.39, 0.29) is 24.0 Å². The van der Waals surface area contributed by atoms with Crippen molar-refractivity contribution in [3.63, 3.8) is 0 Å². The van der Waals surface area contributed by atoms with Crippen LogP contribution in [-0.4, -0.2) is 47.1 Å². The molecule has 1 aliphatic heterocycles. The van der Waals surface area contributed by atoms with Crippen molar-refractivity contribution in [2.75, 3.05) is 13.1 Å². The Morgan fingerprint density at radius 3 is 2.43 bits per heavy atom. The standard InChI is InChI=1S/C15H21N3O3/c1-10-8-18(9-11(2)21-10)14(19)7-12-3-5-13(6-4-12)15(16)17-20/h3-6,10-11,20H,7-9H2,1-2H3,(H2,16,17)/t10-,11+. The lowest BCUT2D eigenvalue weighted by atomic mass is 10.1. The SMILES string of the molecule is C[C@@H]1CN(C(=O)Cc2ccc(/C(N)=N/O)cc2)C[C@H](C)O1. The average molecular weight is 291 g/mol. The van der Waals surface area contributed by atoms with Crippen molar-refractivity contribution in [2.45, 2.75) is 32.5 Å². The fraction of sp³-hybridized carbons (Fsp3) is 0.467. The predicted molar refractivity (Wildman–Crippen MR) is 79.2 cm³/mol. The van der Waals surface area contributed by atoms with Gasteiger partial charge in [0.05, 0.1) is 18.6 Å².